The summed E-state index contributed by atoms with van der Waals surface area (Å²) in [7, 11) is 0. The van der Waals surface area contributed by atoms with Gasteiger partial charge in [0.15, 0.2) is 0 Å². The van der Waals surface area contributed by atoms with E-state index in [1.165, 1.54) is 14.3 Å². The van der Waals surface area contributed by atoms with Gasteiger partial charge in [-0.3, -0.25) is 4.79 Å². The normalized spacial score (nSPS) is 10.5. The van der Waals surface area contributed by atoms with Crippen molar-refractivity contribution in [1.29, 1.82) is 0 Å². The summed E-state index contributed by atoms with van der Waals surface area (Å²) in [6.07, 6.45) is 0. The maximum absolute atomic E-state index is 9.00. The molecular formula is C26H24O2Sn. The summed E-state index contributed by atoms with van der Waals surface area (Å²) in [5, 5.41) is 7.42. The van der Waals surface area contributed by atoms with Gasteiger partial charge in [0, 0.05) is 6.92 Å². The Morgan fingerprint density at radius 2 is 0.690 bits per heavy atom. The molecule has 0 bridgehead atoms. The first-order chi connectivity index (χ1) is 14.2. The van der Waals surface area contributed by atoms with Crippen LogP contribution in [-0.4, -0.2) is 29.5 Å². The Kier molecular flexibility index (Phi) is 7.25. The van der Waals surface area contributed by atoms with E-state index in [0.29, 0.717) is 0 Å². The van der Waals surface area contributed by atoms with E-state index in [1.54, 1.807) is 0 Å². The molecule has 0 amide bonds. The second kappa shape index (κ2) is 10.1. The van der Waals surface area contributed by atoms with Crippen LogP contribution in [0.15, 0.2) is 121 Å². The van der Waals surface area contributed by atoms with Gasteiger partial charge in [-0.1, -0.05) is 0 Å². The van der Waals surface area contributed by atoms with Gasteiger partial charge in [0.25, 0.3) is 5.97 Å². The van der Waals surface area contributed by atoms with E-state index in [9.17, 15) is 0 Å². The zero-order chi connectivity index (χ0) is 20.5. The summed E-state index contributed by atoms with van der Waals surface area (Å²) in [5.74, 6) is -0.833. The van der Waals surface area contributed by atoms with Crippen LogP contribution in [-0.2, 0) is 4.79 Å². The monoisotopic (exact) mass is 488 g/mol. The molecule has 0 saturated heterocycles. The molecule has 0 fully saturated rings. The standard InChI is InChI=1S/4C6H5.C2H4O2.Sn/c4*1-2-4-6-5-3-1;1-2(3)4;/h4*1-5H;1H3,(H,3,4);. The molecular weight excluding hydrogens is 463 g/mol. The van der Waals surface area contributed by atoms with Crippen molar-refractivity contribution in [1.82, 2.24) is 0 Å². The molecule has 4 rings (SSSR count). The first-order valence-corrected chi connectivity index (χ1v) is 15.3. The van der Waals surface area contributed by atoms with Crippen LogP contribution in [0.25, 0.3) is 0 Å². The van der Waals surface area contributed by atoms with Crippen LogP contribution < -0.4 is 14.3 Å². The third-order valence-corrected chi connectivity index (χ3v) is 18.5. The van der Waals surface area contributed by atoms with Gasteiger partial charge >= 0.3 is 154 Å². The number of carbonyl (C=O) groups is 1. The van der Waals surface area contributed by atoms with Crippen LogP contribution in [0.2, 0.25) is 0 Å². The molecule has 3 heteroatoms. The molecule has 0 atom stereocenters. The fraction of sp³-hybridized carbons (Fsp3) is 0.0385. The molecule has 2 nitrogen and oxygen atoms in total. The van der Waals surface area contributed by atoms with Crippen LogP contribution in [0, 0.1) is 0 Å². The Bertz CT molecular complexity index is 850. The maximum atomic E-state index is 9.00. The summed E-state index contributed by atoms with van der Waals surface area (Å²) in [5.41, 5.74) is 0. The number of aliphatic carboxylic acids is 1. The van der Waals surface area contributed by atoms with Gasteiger partial charge in [-0.25, -0.2) is 0 Å². The SMILES string of the molecule is CC(=O)O.c1cc[c]([Sn]([c]2ccccc2)([c]2ccccc2)[c]2ccccc2)cc1. The van der Waals surface area contributed by atoms with Crippen LogP contribution in [0.4, 0.5) is 0 Å². The quantitative estimate of drug-likeness (QED) is 0.450. The van der Waals surface area contributed by atoms with Crippen LogP contribution in [0.1, 0.15) is 6.92 Å². The van der Waals surface area contributed by atoms with Crippen molar-refractivity contribution in [3.63, 3.8) is 0 Å². The second-order valence-corrected chi connectivity index (χ2v) is 17.6. The molecule has 4 aromatic rings. The Labute approximate surface area is 176 Å². The molecule has 0 saturated carbocycles. The van der Waals surface area contributed by atoms with Crippen molar-refractivity contribution in [3.05, 3.63) is 121 Å². The Hall–Kier alpha value is -2.85. The van der Waals surface area contributed by atoms with Crippen molar-refractivity contribution in [2.75, 3.05) is 0 Å². The topological polar surface area (TPSA) is 37.3 Å². The molecule has 0 radical (unpaired) electrons. The zero-order valence-corrected chi connectivity index (χ0v) is 19.3. The van der Waals surface area contributed by atoms with E-state index >= 15 is 0 Å². The van der Waals surface area contributed by atoms with Gasteiger partial charge in [-0.15, -0.1) is 0 Å². The summed E-state index contributed by atoms with van der Waals surface area (Å²) in [6, 6.07) is 44.4. The molecule has 0 aliphatic rings. The van der Waals surface area contributed by atoms with E-state index in [1.807, 2.05) is 0 Å². The summed E-state index contributed by atoms with van der Waals surface area (Å²) >= 11 is -3.31. The third-order valence-electron chi connectivity index (χ3n) is 4.83. The predicted molar refractivity (Wildman–Crippen MR) is 123 cm³/mol. The average molecular weight is 487 g/mol. The Morgan fingerprint density at radius 1 is 0.517 bits per heavy atom. The van der Waals surface area contributed by atoms with E-state index in [2.05, 4.69) is 121 Å². The molecule has 0 aromatic heterocycles. The number of rotatable bonds is 4. The zero-order valence-electron chi connectivity index (χ0n) is 16.4. The molecule has 144 valence electrons. The van der Waals surface area contributed by atoms with Crippen molar-refractivity contribution in [2.45, 2.75) is 6.92 Å². The van der Waals surface area contributed by atoms with Crippen molar-refractivity contribution >= 4 is 38.7 Å². The van der Waals surface area contributed by atoms with Gasteiger partial charge in [-0.05, 0) is 0 Å². The third kappa shape index (κ3) is 4.77. The summed E-state index contributed by atoms with van der Waals surface area (Å²) in [4.78, 5) is 9.00. The molecule has 4 aromatic carbocycles. The number of benzene rings is 4. The summed E-state index contributed by atoms with van der Waals surface area (Å²) in [6.45, 7) is 1.08. The average Bonchev–Trinajstić information content (AvgIpc) is 2.77. The van der Waals surface area contributed by atoms with Crippen LogP contribution >= 0.6 is 0 Å². The number of hydrogen-bond acceptors (Lipinski definition) is 1. The molecule has 29 heavy (non-hydrogen) atoms. The molecule has 0 aliphatic heterocycles. The van der Waals surface area contributed by atoms with E-state index in [0.717, 1.165) is 6.92 Å². The number of carboxylic acids is 1. The van der Waals surface area contributed by atoms with E-state index in [-0.39, 0.29) is 0 Å². The van der Waals surface area contributed by atoms with Gasteiger partial charge in [0.05, 0.1) is 0 Å². The molecule has 0 heterocycles. The first kappa shape index (κ1) is 20.9. The fourth-order valence-corrected chi connectivity index (χ4v) is 17.4. The molecule has 0 aliphatic carbocycles. The van der Waals surface area contributed by atoms with Gasteiger partial charge < -0.3 is 5.11 Å². The van der Waals surface area contributed by atoms with Gasteiger partial charge in [0.1, 0.15) is 0 Å². The molecule has 0 unspecified atom stereocenters. The Morgan fingerprint density at radius 3 is 0.862 bits per heavy atom. The predicted octanol–water partition coefficient (Wildman–Crippen LogP) is 3.15. The van der Waals surface area contributed by atoms with Crippen LogP contribution in [0.3, 0.4) is 0 Å². The van der Waals surface area contributed by atoms with Crippen LogP contribution in [0.5, 0.6) is 0 Å². The Balaban J connectivity index is 0.000000552. The second-order valence-electron chi connectivity index (χ2n) is 6.73. The summed E-state index contributed by atoms with van der Waals surface area (Å²) < 4.78 is 5.95. The van der Waals surface area contributed by atoms with Crippen molar-refractivity contribution in [3.8, 4) is 0 Å². The van der Waals surface area contributed by atoms with E-state index < -0.39 is 24.3 Å². The molecule has 0 spiro atoms. The fourth-order valence-electron chi connectivity index (χ4n) is 3.75. The minimum atomic E-state index is -3.31. The van der Waals surface area contributed by atoms with Crippen molar-refractivity contribution in [2.24, 2.45) is 0 Å². The number of hydrogen-bond donors (Lipinski definition) is 1. The molecule has 1 N–H and O–H groups in total. The first-order valence-electron chi connectivity index (χ1n) is 9.57. The minimum absolute atomic E-state index is 0.833. The van der Waals surface area contributed by atoms with Gasteiger partial charge in [-0.2, -0.15) is 0 Å². The van der Waals surface area contributed by atoms with Crippen molar-refractivity contribution < 1.29 is 9.90 Å². The van der Waals surface area contributed by atoms with Gasteiger partial charge in [0.2, 0.25) is 0 Å². The number of carboxylic acid groups (broad SMARTS) is 1. The van der Waals surface area contributed by atoms with E-state index in [4.69, 9.17) is 9.90 Å².